The van der Waals surface area contributed by atoms with Gasteiger partial charge in [-0.2, -0.15) is 0 Å². The van der Waals surface area contributed by atoms with Crippen LogP contribution in [0.1, 0.15) is 6.42 Å². The number of carbonyl (C=O) groups is 2. The fourth-order valence-corrected chi connectivity index (χ4v) is 1.31. The third-order valence-electron chi connectivity index (χ3n) is 2.13. The summed E-state index contributed by atoms with van der Waals surface area (Å²) < 4.78 is 0. The highest BCUT2D eigenvalue weighted by atomic mass is 16.4. The van der Waals surface area contributed by atoms with Gasteiger partial charge in [0.2, 0.25) is 5.91 Å². The number of amides is 1. The lowest BCUT2D eigenvalue weighted by molar-refractivity contribution is -0.132. The minimum Gasteiger partial charge on any atom is -0.478 e. The Hall–Kier alpha value is -1.52. The van der Waals surface area contributed by atoms with Gasteiger partial charge in [-0.05, 0) is 6.42 Å². The van der Waals surface area contributed by atoms with Gasteiger partial charge in [-0.15, -0.1) is 0 Å². The van der Waals surface area contributed by atoms with Crippen LogP contribution in [0.15, 0.2) is 12.3 Å². The molecule has 0 aromatic heterocycles. The van der Waals surface area contributed by atoms with E-state index in [1.807, 2.05) is 0 Å². The summed E-state index contributed by atoms with van der Waals surface area (Å²) in [6, 6.07) is 0. The number of carboxylic acids is 1. The molecule has 1 fully saturated rings. The van der Waals surface area contributed by atoms with E-state index >= 15 is 0 Å². The fraction of sp³-hybridized carbons (Fsp3) is 0.556. The van der Waals surface area contributed by atoms with Crippen molar-refractivity contribution in [1.29, 1.82) is 0 Å². The zero-order valence-corrected chi connectivity index (χ0v) is 8.14. The average Bonchev–Trinajstić information content (AvgIpc) is 2.26. The van der Waals surface area contributed by atoms with Gasteiger partial charge in [-0.1, -0.05) is 0 Å². The van der Waals surface area contributed by atoms with Crippen LogP contribution in [-0.2, 0) is 9.59 Å². The van der Waals surface area contributed by atoms with E-state index in [4.69, 9.17) is 5.11 Å². The maximum Gasteiger partial charge on any atom is 0.329 e. The van der Waals surface area contributed by atoms with Gasteiger partial charge in [0.25, 0.3) is 0 Å². The molecule has 1 rings (SSSR count). The summed E-state index contributed by atoms with van der Waals surface area (Å²) in [4.78, 5) is 25.0. The Morgan fingerprint density at radius 2 is 2.21 bits per heavy atom. The Morgan fingerprint density at radius 1 is 1.50 bits per heavy atom. The smallest absolute Gasteiger partial charge is 0.329 e. The number of nitrogens with zero attached hydrogens (tertiary/aromatic N) is 2. The summed E-state index contributed by atoms with van der Waals surface area (Å²) in [6.45, 7) is 1.72. The third-order valence-corrected chi connectivity index (χ3v) is 2.13. The molecule has 5 nitrogen and oxygen atoms in total. The van der Waals surface area contributed by atoms with Crippen LogP contribution >= 0.6 is 0 Å². The number of likely N-dealkylation sites (N-methyl/N-ethyl adjacent to an activating group) is 1. The van der Waals surface area contributed by atoms with Crippen LogP contribution in [0.4, 0.5) is 0 Å². The van der Waals surface area contributed by atoms with Gasteiger partial charge in [-0.25, -0.2) is 4.79 Å². The predicted molar refractivity (Wildman–Crippen MR) is 50.6 cm³/mol. The maximum absolute atomic E-state index is 11.4. The van der Waals surface area contributed by atoms with Crippen LogP contribution in [0.5, 0.6) is 0 Å². The fourth-order valence-electron chi connectivity index (χ4n) is 1.31. The third kappa shape index (κ3) is 3.08. The Labute approximate surface area is 82.6 Å². The first-order valence-corrected chi connectivity index (χ1v) is 4.49. The van der Waals surface area contributed by atoms with Crippen LogP contribution in [0.25, 0.3) is 0 Å². The quantitative estimate of drug-likeness (QED) is 0.621. The summed E-state index contributed by atoms with van der Waals surface area (Å²) in [7, 11) is 1.76. The molecule has 1 heterocycles. The Balaban J connectivity index is 2.54. The highest BCUT2D eigenvalue weighted by Gasteiger charge is 2.16. The molecular formula is C9H14N2O3. The van der Waals surface area contributed by atoms with Gasteiger partial charge >= 0.3 is 5.97 Å². The van der Waals surface area contributed by atoms with E-state index in [1.54, 1.807) is 16.8 Å². The van der Waals surface area contributed by atoms with Crippen molar-refractivity contribution in [2.45, 2.75) is 6.42 Å². The van der Waals surface area contributed by atoms with Crippen LogP contribution < -0.4 is 0 Å². The first kappa shape index (κ1) is 10.6. The second kappa shape index (κ2) is 4.64. The Morgan fingerprint density at radius 3 is 2.86 bits per heavy atom. The van der Waals surface area contributed by atoms with E-state index in [9.17, 15) is 9.59 Å². The lowest BCUT2D eigenvalue weighted by Gasteiger charge is -2.16. The number of carbonyl (C=O) groups excluding carboxylic acids is 1. The molecule has 1 saturated heterocycles. The van der Waals surface area contributed by atoms with Gasteiger partial charge in [0.05, 0.1) is 6.54 Å². The summed E-state index contributed by atoms with van der Waals surface area (Å²) in [5.41, 5.74) is 0. The van der Waals surface area contributed by atoms with E-state index in [-0.39, 0.29) is 12.5 Å². The Bertz CT molecular complexity index is 263. The van der Waals surface area contributed by atoms with Crippen LogP contribution in [0.3, 0.4) is 0 Å². The van der Waals surface area contributed by atoms with E-state index in [1.165, 1.54) is 6.20 Å². The zero-order valence-electron chi connectivity index (χ0n) is 8.14. The van der Waals surface area contributed by atoms with Crippen molar-refractivity contribution < 1.29 is 14.7 Å². The molecule has 1 aliphatic rings. The molecule has 0 bridgehead atoms. The highest BCUT2D eigenvalue weighted by molar-refractivity contribution is 5.80. The minimum atomic E-state index is -0.991. The van der Waals surface area contributed by atoms with Crippen molar-refractivity contribution >= 4 is 11.9 Å². The van der Waals surface area contributed by atoms with Crippen molar-refractivity contribution in [2.75, 3.05) is 26.7 Å². The predicted octanol–water partition coefficient (Wildman–Crippen LogP) is -0.251. The second-order valence-electron chi connectivity index (χ2n) is 3.29. The molecule has 0 aliphatic carbocycles. The van der Waals surface area contributed by atoms with Gasteiger partial charge in [-0.3, -0.25) is 4.79 Å². The average molecular weight is 198 g/mol. The van der Waals surface area contributed by atoms with Crippen molar-refractivity contribution in [3.8, 4) is 0 Å². The van der Waals surface area contributed by atoms with Crippen LogP contribution in [0.2, 0.25) is 0 Å². The molecule has 0 spiro atoms. The maximum atomic E-state index is 11.4. The topological polar surface area (TPSA) is 60.9 Å². The number of carboxylic acid groups (broad SMARTS) is 1. The van der Waals surface area contributed by atoms with Gasteiger partial charge < -0.3 is 14.9 Å². The molecule has 5 heteroatoms. The SMILES string of the molecule is CN1CCCN(/C=C/C(=O)O)CC1=O. The molecule has 0 atom stereocenters. The van der Waals surface area contributed by atoms with E-state index in [0.717, 1.165) is 25.6 Å². The zero-order chi connectivity index (χ0) is 10.6. The molecule has 14 heavy (non-hydrogen) atoms. The lowest BCUT2D eigenvalue weighted by atomic mass is 10.4. The highest BCUT2D eigenvalue weighted by Crippen LogP contribution is 2.02. The van der Waals surface area contributed by atoms with Gasteiger partial charge in [0, 0.05) is 32.4 Å². The van der Waals surface area contributed by atoms with E-state index in [0.29, 0.717) is 0 Å². The lowest BCUT2D eigenvalue weighted by Crippen LogP contribution is -2.32. The molecule has 0 aromatic carbocycles. The molecule has 1 amide bonds. The minimum absolute atomic E-state index is 0.0255. The standard InChI is InChI=1S/C9H14N2O3/c1-10-4-2-5-11(7-8(10)12)6-3-9(13)14/h3,6H,2,4-5,7H2,1H3,(H,13,14)/b6-3+. The summed E-state index contributed by atoms with van der Waals surface area (Å²) in [5.74, 6) is -0.965. The van der Waals surface area contributed by atoms with Gasteiger partial charge in [0.1, 0.15) is 0 Å². The van der Waals surface area contributed by atoms with Gasteiger partial charge in [0.15, 0.2) is 0 Å². The molecule has 0 saturated carbocycles. The largest absolute Gasteiger partial charge is 0.478 e. The summed E-state index contributed by atoms with van der Waals surface area (Å²) >= 11 is 0. The monoisotopic (exact) mass is 198 g/mol. The van der Waals surface area contributed by atoms with Crippen molar-refractivity contribution in [2.24, 2.45) is 0 Å². The molecule has 0 aromatic rings. The molecule has 1 N–H and O–H groups in total. The first-order chi connectivity index (χ1) is 6.59. The number of rotatable bonds is 2. The van der Waals surface area contributed by atoms with E-state index in [2.05, 4.69) is 0 Å². The molecular weight excluding hydrogens is 184 g/mol. The molecule has 0 unspecified atom stereocenters. The molecule has 0 radical (unpaired) electrons. The number of hydrogen-bond acceptors (Lipinski definition) is 3. The van der Waals surface area contributed by atoms with Crippen molar-refractivity contribution in [3.05, 3.63) is 12.3 Å². The number of hydrogen-bond donors (Lipinski definition) is 1. The summed E-state index contributed by atoms with van der Waals surface area (Å²) in [6.07, 6.45) is 3.38. The first-order valence-electron chi connectivity index (χ1n) is 4.49. The Kier molecular flexibility index (Phi) is 3.50. The summed E-state index contributed by atoms with van der Waals surface area (Å²) in [5, 5.41) is 8.42. The molecule has 1 aliphatic heterocycles. The number of aliphatic carboxylic acids is 1. The van der Waals surface area contributed by atoms with E-state index < -0.39 is 5.97 Å². The van der Waals surface area contributed by atoms with Crippen molar-refractivity contribution in [1.82, 2.24) is 9.80 Å². The second-order valence-corrected chi connectivity index (χ2v) is 3.29. The van der Waals surface area contributed by atoms with Crippen molar-refractivity contribution in [3.63, 3.8) is 0 Å². The van der Waals surface area contributed by atoms with Crippen LogP contribution in [-0.4, -0.2) is 53.5 Å². The molecule has 78 valence electrons. The van der Waals surface area contributed by atoms with Crippen LogP contribution in [0, 0.1) is 0 Å². The normalized spacial score (nSPS) is 18.8.